The van der Waals surface area contributed by atoms with Crippen molar-refractivity contribution in [3.05, 3.63) is 91.7 Å². The van der Waals surface area contributed by atoms with E-state index in [0.29, 0.717) is 28.7 Å². The number of hydrogen-bond acceptors (Lipinski definition) is 6. The van der Waals surface area contributed by atoms with E-state index in [1.165, 1.54) is 36.2 Å². The number of benzene rings is 3. The topological polar surface area (TPSA) is 94.8 Å². The molecule has 1 N–H and O–H groups in total. The van der Waals surface area contributed by atoms with Crippen molar-refractivity contribution in [2.75, 3.05) is 19.0 Å². The number of ether oxygens (including phenoxy) is 2. The minimum Gasteiger partial charge on any atom is -0.493 e. The molecule has 1 heterocycles. The first-order valence-corrected chi connectivity index (χ1v) is 12.8. The number of aromatic nitrogens is 2. The molecule has 1 amide bonds. The van der Waals surface area contributed by atoms with Gasteiger partial charge >= 0.3 is 0 Å². The molecule has 0 radical (unpaired) electrons. The molecule has 0 bridgehead atoms. The lowest BCUT2D eigenvalue weighted by atomic mass is 10.2. The van der Waals surface area contributed by atoms with Gasteiger partial charge in [-0.05, 0) is 54.4 Å². The molecule has 38 heavy (non-hydrogen) atoms. The highest BCUT2D eigenvalue weighted by atomic mass is 79.9. The Morgan fingerprint density at radius 3 is 2.76 bits per heavy atom. The Bertz CT molecular complexity index is 1590. The van der Waals surface area contributed by atoms with E-state index in [0.717, 1.165) is 10.9 Å². The molecule has 11 heteroatoms. The van der Waals surface area contributed by atoms with Gasteiger partial charge in [0, 0.05) is 10.9 Å². The monoisotopic (exact) mass is 600 g/mol. The third-order valence-corrected chi connectivity index (χ3v) is 6.19. The molecule has 8 nitrogen and oxygen atoms in total. The number of methoxy groups -OCH3 is 1. The average molecular weight is 602 g/mol. The number of carbonyl (C=O) groups excluding carboxylic acids is 1. The molecule has 0 atom stereocenters. The highest BCUT2D eigenvalue weighted by Crippen LogP contribution is 2.36. The van der Waals surface area contributed by atoms with E-state index < -0.39 is 18.3 Å². The van der Waals surface area contributed by atoms with E-state index in [1.807, 2.05) is 13.0 Å². The zero-order chi connectivity index (χ0) is 27.2. The molecule has 4 rings (SSSR count). The quantitative estimate of drug-likeness (QED) is 0.244. The summed E-state index contributed by atoms with van der Waals surface area (Å²) in [6.07, 6.45) is 2.81. The highest BCUT2D eigenvalue weighted by molar-refractivity contribution is 9.10. The maximum atomic E-state index is 13.8. The third-order valence-electron chi connectivity index (χ3n) is 5.42. The van der Waals surface area contributed by atoms with E-state index >= 15 is 0 Å². The number of para-hydroxylation sites is 1. The van der Waals surface area contributed by atoms with Gasteiger partial charge in [-0.25, -0.2) is 9.37 Å². The van der Waals surface area contributed by atoms with E-state index in [2.05, 4.69) is 31.3 Å². The van der Waals surface area contributed by atoms with E-state index in [9.17, 15) is 14.0 Å². The van der Waals surface area contributed by atoms with Gasteiger partial charge in [-0.15, -0.1) is 0 Å². The predicted octanol–water partition coefficient (Wildman–Crippen LogP) is 5.81. The molecule has 0 spiro atoms. The second-order valence-corrected chi connectivity index (χ2v) is 9.47. The number of nitrogens with one attached hydrogen (secondary N) is 1. The summed E-state index contributed by atoms with van der Waals surface area (Å²) < 4.78 is 26.8. The minimum atomic E-state index is -0.572. The Hall–Kier alpha value is -3.76. The van der Waals surface area contributed by atoms with Crippen molar-refractivity contribution in [3.8, 4) is 11.5 Å². The summed E-state index contributed by atoms with van der Waals surface area (Å²) in [5.74, 6) is -0.217. The van der Waals surface area contributed by atoms with E-state index in [-0.39, 0.29) is 27.8 Å². The van der Waals surface area contributed by atoms with Gasteiger partial charge in [0.05, 0.1) is 34.9 Å². The van der Waals surface area contributed by atoms with Crippen LogP contribution in [0.1, 0.15) is 24.7 Å². The Morgan fingerprint density at radius 2 is 2.03 bits per heavy atom. The second-order valence-electron chi connectivity index (χ2n) is 8.15. The lowest BCUT2D eigenvalue weighted by Gasteiger charge is -2.13. The Labute approximate surface area is 231 Å². The fourth-order valence-electron chi connectivity index (χ4n) is 3.66. The van der Waals surface area contributed by atoms with Crippen LogP contribution in [-0.2, 0) is 11.2 Å². The van der Waals surface area contributed by atoms with Gasteiger partial charge in [0.15, 0.2) is 18.1 Å². The maximum absolute atomic E-state index is 13.8. The Balaban J connectivity index is 1.58. The molecule has 4 aromatic rings. The molecule has 0 aliphatic rings. The molecule has 0 saturated heterocycles. The smallest absolute Gasteiger partial charge is 0.282 e. The summed E-state index contributed by atoms with van der Waals surface area (Å²) in [4.78, 5) is 30.1. The van der Waals surface area contributed by atoms with Crippen LogP contribution in [0.25, 0.3) is 10.9 Å². The number of rotatable bonds is 9. The number of amides is 1. The number of nitrogens with zero attached hydrogens (tertiary/aromatic N) is 3. The van der Waals surface area contributed by atoms with Crippen LogP contribution >= 0.6 is 27.5 Å². The van der Waals surface area contributed by atoms with Crippen LogP contribution in [-0.4, -0.2) is 35.5 Å². The standard InChI is InChI=1S/C27H23BrClFN4O4/c1-3-6-24-32-21-10-9-17(28)13-18(21)27(36)34(24)31-14-16-11-19(29)26(23(12-16)37-2)38-15-25(35)33-22-8-5-4-7-20(22)30/h4-5,7-14H,3,6,15H2,1-2H3,(H,33,35). The summed E-state index contributed by atoms with van der Waals surface area (Å²) in [5, 5.41) is 7.43. The third kappa shape index (κ3) is 6.20. The fourth-order valence-corrected chi connectivity index (χ4v) is 4.30. The first-order valence-electron chi connectivity index (χ1n) is 11.6. The number of anilines is 1. The maximum Gasteiger partial charge on any atom is 0.282 e. The van der Waals surface area contributed by atoms with Crippen LogP contribution in [0.2, 0.25) is 5.02 Å². The fraction of sp³-hybridized carbons (Fsp3) is 0.185. The normalized spacial score (nSPS) is 11.2. The van der Waals surface area contributed by atoms with Gasteiger partial charge in [0.25, 0.3) is 11.5 Å². The molecule has 1 aromatic heterocycles. The molecule has 196 valence electrons. The summed E-state index contributed by atoms with van der Waals surface area (Å²) >= 11 is 9.82. The molecular formula is C27H23BrClFN4O4. The van der Waals surface area contributed by atoms with Crippen LogP contribution in [0.15, 0.2) is 69.0 Å². The molecule has 0 unspecified atom stereocenters. The largest absolute Gasteiger partial charge is 0.493 e. The Morgan fingerprint density at radius 1 is 1.24 bits per heavy atom. The average Bonchev–Trinajstić information content (AvgIpc) is 2.89. The molecule has 3 aromatic carbocycles. The van der Waals surface area contributed by atoms with Gasteiger partial charge < -0.3 is 14.8 Å². The van der Waals surface area contributed by atoms with Gasteiger partial charge in [-0.2, -0.15) is 9.78 Å². The van der Waals surface area contributed by atoms with E-state index in [4.69, 9.17) is 21.1 Å². The van der Waals surface area contributed by atoms with Crippen molar-refractivity contribution in [3.63, 3.8) is 0 Å². The SMILES string of the molecule is CCCc1nc2ccc(Br)cc2c(=O)n1N=Cc1cc(Cl)c(OCC(=O)Nc2ccccc2F)c(OC)c1. The lowest BCUT2D eigenvalue weighted by molar-refractivity contribution is -0.118. The van der Waals surface area contributed by atoms with Crippen molar-refractivity contribution in [1.29, 1.82) is 0 Å². The van der Waals surface area contributed by atoms with Crippen LogP contribution in [0, 0.1) is 5.82 Å². The first-order chi connectivity index (χ1) is 18.3. The lowest BCUT2D eigenvalue weighted by Crippen LogP contribution is -2.22. The highest BCUT2D eigenvalue weighted by Gasteiger charge is 2.15. The zero-order valence-corrected chi connectivity index (χ0v) is 22.8. The van der Waals surface area contributed by atoms with Gasteiger partial charge in [0.1, 0.15) is 11.6 Å². The van der Waals surface area contributed by atoms with Crippen molar-refractivity contribution in [1.82, 2.24) is 9.66 Å². The van der Waals surface area contributed by atoms with Gasteiger partial charge in [0.2, 0.25) is 0 Å². The zero-order valence-electron chi connectivity index (χ0n) is 20.5. The number of fused-ring (bicyclic) bond motifs is 1. The van der Waals surface area contributed by atoms with Crippen molar-refractivity contribution in [2.45, 2.75) is 19.8 Å². The van der Waals surface area contributed by atoms with Crippen molar-refractivity contribution >= 4 is 56.2 Å². The summed E-state index contributed by atoms with van der Waals surface area (Å²) in [7, 11) is 1.42. The number of halogens is 3. The van der Waals surface area contributed by atoms with Crippen molar-refractivity contribution < 1.29 is 18.7 Å². The number of carbonyl (C=O) groups is 1. The summed E-state index contributed by atoms with van der Waals surface area (Å²) in [5.41, 5.74) is 0.867. The summed E-state index contributed by atoms with van der Waals surface area (Å²) in [6.45, 7) is 1.57. The molecule has 0 fully saturated rings. The molecule has 0 saturated carbocycles. The molecular weight excluding hydrogens is 579 g/mol. The van der Waals surface area contributed by atoms with Crippen LogP contribution in [0.5, 0.6) is 11.5 Å². The number of hydrogen-bond donors (Lipinski definition) is 1. The van der Waals surface area contributed by atoms with Crippen molar-refractivity contribution in [2.24, 2.45) is 5.10 Å². The predicted molar refractivity (Wildman–Crippen MR) is 149 cm³/mol. The van der Waals surface area contributed by atoms with Crippen LogP contribution < -0.4 is 20.3 Å². The number of aryl methyl sites for hydroxylation is 1. The van der Waals surface area contributed by atoms with Crippen LogP contribution in [0.4, 0.5) is 10.1 Å². The summed E-state index contributed by atoms with van der Waals surface area (Å²) in [6, 6.07) is 14.3. The van der Waals surface area contributed by atoms with Crippen LogP contribution in [0.3, 0.4) is 0 Å². The van der Waals surface area contributed by atoms with E-state index in [1.54, 1.807) is 30.3 Å². The molecule has 0 aliphatic carbocycles. The Kier molecular flexibility index (Phi) is 8.75. The van der Waals surface area contributed by atoms with Gasteiger partial charge in [-0.1, -0.05) is 46.6 Å². The first kappa shape index (κ1) is 27.3. The second kappa shape index (κ2) is 12.2. The molecule has 0 aliphatic heterocycles. The van der Waals surface area contributed by atoms with Gasteiger partial charge in [-0.3, -0.25) is 9.59 Å². The minimum absolute atomic E-state index is 0.0407.